The first-order valence-electron chi connectivity index (χ1n) is 5.68. The van der Waals surface area contributed by atoms with Gasteiger partial charge >= 0.3 is 0 Å². The largest absolute Gasteiger partial charge is 0.493 e. The maximum atomic E-state index is 12.0. The molecule has 0 saturated carbocycles. The zero-order chi connectivity index (χ0) is 13.4. The summed E-state index contributed by atoms with van der Waals surface area (Å²) in [5.74, 6) is -0.163. The average molecular weight is 276 g/mol. The summed E-state index contributed by atoms with van der Waals surface area (Å²) in [6, 6.07) is 8.81. The minimum absolute atomic E-state index is 0.163. The van der Waals surface area contributed by atoms with E-state index in [2.05, 4.69) is 10.1 Å². The van der Waals surface area contributed by atoms with Crippen LogP contribution in [0.25, 0.3) is 5.65 Å². The Labute approximate surface area is 113 Å². The van der Waals surface area contributed by atoms with Crippen LogP contribution in [0.15, 0.2) is 41.3 Å². The van der Waals surface area contributed by atoms with Crippen molar-refractivity contribution in [3.05, 3.63) is 63.0 Å². The van der Waals surface area contributed by atoms with Crippen molar-refractivity contribution in [3.8, 4) is 5.88 Å². The number of fused-ring (bicyclic) bond motifs is 1. The SMILES string of the molecule is O=c1[nH]c2ccnn2c(O)c1Cc1ccccc1Cl. The van der Waals surface area contributed by atoms with Crippen LogP contribution in [0, 0.1) is 0 Å². The maximum Gasteiger partial charge on any atom is 0.258 e. The second kappa shape index (κ2) is 4.44. The number of rotatable bonds is 2. The summed E-state index contributed by atoms with van der Waals surface area (Å²) < 4.78 is 1.29. The van der Waals surface area contributed by atoms with Gasteiger partial charge in [0, 0.05) is 17.5 Å². The lowest BCUT2D eigenvalue weighted by atomic mass is 10.1. The molecule has 2 aromatic heterocycles. The Morgan fingerprint density at radius 2 is 2.11 bits per heavy atom. The molecular weight excluding hydrogens is 266 g/mol. The molecular formula is C13H10ClN3O2. The van der Waals surface area contributed by atoms with Crippen molar-refractivity contribution < 1.29 is 5.11 Å². The van der Waals surface area contributed by atoms with E-state index in [-0.39, 0.29) is 23.4 Å². The van der Waals surface area contributed by atoms with Crippen molar-refractivity contribution in [1.29, 1.82) is 0 Å². The normalized spacial score (nSPS) is 11.0. The minimum Gasteiger partial charge on any atom is -0.493 e. The van der Waals surface area contributed by atoms with Crippen molar-refractivity contribution in [2.45, 2.75) is 6.42 Å². The van der Waals surface area contributed by atoms with Gasteiger partial charge in [0.25, 0.3) is 5.56 Å². The Hall–Kier alpha value is -2.27. The standard InChI is InChI=1S/C13H10ClN3O2/c14-10-4-2-1-3-8(10)7-9-12(18)16-11-5-6-15-17(11)13(9)19/h1-6,19H,7H2,(H,16,18). The number of hydrogen-bond acceptors (Lipinski definition) is 3. The number of benzene rings is 1. The summed E-state index contributed by atoms with van der Waals surface area (Å²) in [6.45, 7) is 0. The van der Waals surface area contributed by atoms with Gasteiger partial charge in [0.1, 0.15) is 5.65 Å². The lowest BCUT2D eigenvalue weighted by Gasteiger charge is -2.07. The molecule has 0 aliphatic rings. The summed E-state index contributed by atoms with van der Waals surface area (Å²) in [7, 11) is 0. The monoisotopic (exact) mass is 275 g/mol. The van der Waals surface area contributed by atoms with E-state index in [9.17, 15) is 9.90 Å². The number of halogens is 1. The molecule has 1 aromatic carbocycles. The fourth-order valence-corrected chi connectivity index (χ4v) is 2.18. The van der Waals surface area contributed by atoms with E-state index in [0.717, 1.165) is 5.56 Å². The van der Waals surface area contributed by atoms with Gasteiger partial charge in [0.05, 0.1) is 11.8 Å². The molecule has 0 aliphatic heterocycles. The van der Waals surface area contributed by atoms with E-state index in [1.807, 2.05) is 18.2 Å². The third-order valence-corrected chi connectivity index (χ3v) is 3.32. The molecule has 5 nitrogen and oxygen atoms in total. The number of nitrogens with one attached hydrogen (secondary N) is 1. The third-order valence-electron chi connectivity index (χ3n) is 2.95. The van der Waals surface area contributed by atoms with E-state index in [1.165, 1.54) is 10.7 Å². The molecule has 19 heavy (non-hydrogen) atoms. The van der Waals surface area contributed by atoms with Crippen molar-refractivity contribution >= 4 is 17.2 Å². The summed E-state index contributed by atoms with van der Waals surface area (Å²) in [6.07, 6.45) is 1.75. The molecule has 6 heteroatoms. The van der Waals surface area contributed by atoms with Gasteiger partial charge in [-0.1, -0.05) is 29.8 Å². The molecule has 0 fully saturated rings. The summed E-state index contributed by atoms with van der Waals surface area (Å²) in [5, 5.41) is 14.6. The summed E-state index contributed by atoms with van der Waals surface area (Å²) in [5.41, 5.74) is 1.12. The van der Waals surface area contributed by atoms with Crippen LogP contribution in [-0.4, -0.2) is 19.7 Å². The molecule has 0 spiro atoms. The third kappa shape index (κ3) is 1.98. The van der Waals surface area contributed by atoms with Gasteiger partial charge in [0.2, 0.25) is 5.88 Å². The molecule has 0 amide bonds. The van der Waals surface area contributed by atoms with Crippen molar-refractivity contribution in [1.82, 2.24) is 14.6 Å². The number of aromatic amines is 1. The molecule has 0 radical (unpaired) electrons. The molecule has 0 unspecified atom stereocenters. The maximum absolute atomic E-state index is 12.0. The van der Waals surface area contributed by atoms with Crippen LogP contribution in [0.4, 0.5) is 0 Å². The van der Waals surface area contributed by atoms with Gasteiger partial charge in [-0.3, -0.25) is 4.79 Å². The smallest absolute Gasteiger partial charge is 0.258 e. The number of aromatic hydroxyl groups is 1. The quantitative estimate of drug-likeness (QED) is 0.751. The number of H-pyrrole nitrogens is 1. The molecule has 0 aliphatic carbocycles. The fourth-order valence-electron chi connectivity index (χ4n) is 1.98. The van der Waals surface area contributed by atoms with Gasteiger partial charge in [-0.05, 0) is 11.6 Å². The molecule has 3 rings (SSSR count). The van der Waals surface area contributed by atoms with Crippen LogP contribution >= 0.6 is 11.6 Å². The lowest BCUT2D eigenvalue weighted by molar-refractivity contribution is 0.428. The second-order valence-corrected chi connectivity index (χ2v) is 4.56. The Balaban J connectivity index is 2.15. The van der Waals surface area contributed by atoms with E-state index in [1.54, 1.807) is 12.1 Å². The number of nitrogens with zero attached hydrogens (tertiary/aromatic N) is 2. The van der Waals surface area contributed by atoms with E-state index >= 15 is 0 Å². The van der Waals surface area contributed by atoms with Crippen LogP contribution in [0.1, 0.15) is 11.1 Å². The Bertz CT molecular complexity index is 807. The van der Waals surface area contributed by atoms with Crippen molar-refractivity contribution in [2.24, 2.45) is 0 Å². The van der Waals surface area contributed by atoms with Crippen molar-refractivity contribution in [3.63, 3.8) is 0 Å². The van der Waals surface area contributed by atoms with E-state index in [4.69, 9.17) is 11.6 Å². The number of aromatic nitrogens is 3. The van der Waals surface area contributed by atoms with Crippen LogP contribution in [0.5, 0.6) is 5.88 Å². The molecule has 0 atom stereocenters. The predicted octanol–water partition coefficient (Wildman–Crippen LogP) is 1.97. The van der Waals surface area contributed by atoms with Crippen LogP contribution in [-0.2, 0) is 6.42 Å². The Kier molecular flexibility index (Phi) is 2.76. The van der Waals surface area contributed by atoms with Gasteiger partial charge in [-0.15, -0.1) is 0 Å². The van der Waals surface area contributed by atoms with Gasteiger partial charge in [-0.25, -0.2) is 0 Å². The summed E-state index contributed by atoms with van der Waals surface area (Å²) >= 11 is 6.06. The predicted molar refractivity (Wildman–Crippen MR) is 71.7 cm³/mol. The molecule has 2 N–H and O–H groups in total. The van der Waals surface area contributed by atoms with Crippen molar-refractivity contribution in [2.75, 3.05) is 0 Å². The van der Waals surface area contributed by atoms with Crippen LogP contribution in [0.2, 0.25) is 5.02 Å². The molecule has 0 bridgehead atoms. The highest BCUT2D eigenvalue weighted by Crippen LogP contribution is 2.21. The molecule has 2 heterocycles. The first kappa shape index (κ1) is 11.8. The molecule has 0 saturated heterocycles. The van der Waals surface area contributed by atoms with Gasteiger partial charge < -0.3 is 10.1 Å². The molecule has 3 aromatic rings. The highest BCUT2D eigenvalue weighted by Gasteiger charge is 2.14. The Morgan fingerprint density at radius 3 is 2.89 bits per heavy atom. The minimum atomic E-state index is -0.342. The highest BCUT2D eigenvalue weighted by molar-refractivity contribution is 6.31. The average Bonchev–Trinajstić information content (AvgIpc) is 2.84. The first-order valence-corrected chi connectivity index (χ1v) is 6.06. The van der Waals surface area contributed by atoms with E-state index in [0.29, 0.717) is 10.7 Å². The van der Waals surface area contributed by atoms with Gasteiger partial charge in [0.15, 0.2) is 0 Å². The fraction of sp³-hybridized carbons (Fsp3) is 0.0769. The van der Waals surface area contributed by atoms with Gasteiger partial charge in [-0.2, -0.15) is 9.61 Å². The Morgan fingerprint density at radius 1 is 1.32 bits per heavy atom. The zero-order valence-corrected chi connectivity index (χ0v) is 10.6. The van der Waals surface area contributed by atoms with Crippen LogP contribution in [0.3, 0.4) is 0 Å². The topological polar surface area (TPSA) is 70.4 Å². The first-order chi connectivity index (χ1) is 9.16. The zero-order valence-electron chi connectivity index (χ0n) is 9.80. The molecule has 96 valence electrons. The van der Waals surface area contributed by atoms with E-state index < -0.39 is 0 Å². The lowest BCUT2D eigenvalue weighted by Crippen LogP contribution is -2.16. The number of hydrogen-bond donors (Lipinski definition) is 2. The highest BCUT2D eigenvalue weighted by atomic mass is 35.5. The summed E-state index contributed by atoms with van der Waals surface area (Å²) in [4.78, 5) is 14.6. The van der Waals surface area contributed by atoms with Crippen LogP contribution < -0.4 is 5.56 Å². The second-order valence-electron chi connectivity index (χ2n) is 4.15.